The lowest BCUT2D eigenvalue weighted by atomic mass is 9.80. The van der Waals surface area contributed by atoms with E-state index >= 15 is 0 Å². The SMILES string of the molecule is Cc1cc(CN2CCC3(CC2)CC(CN2CCC(F)(F)CC2)O3)oc1C.O=C(O)C(F)(F)F.O=C(O)C(F)(F)F. The molecule has 0 radical (unpaired) electrons. The molecule has 1 aromatic rings. The standard InChI is InChI=1S/C20H30F2N2O2.2C2HF3O2/c1-15-11-17(25-16(15)2)13-23-7-3-19(4-8-23)12-18(26-19)14-24-9-5-20(21,22)6-10-24;2*3-2(4,5)1(6)7/h11,18H,3-10,12-14H2,1-2H3;2*(H,6,7). The molecule has 3 fully saturated rings. The number of carbonyl (C=O) groups is 2. The van der Waals surface area contributed by atoms with Gasteiger partial charge < -0.3 is 24.3 Å². The molecule has 4 rings (SSSR count). The van der Waals surface area contributed by atoms with E-state index in [1.807, 2.05) is 6.92 Å². The number of carboxylic acid groups (broad SMARTS) is 2. The number of rotatable bonds is 4. The van der Waals surface area contributed by atoms with Crippen LogP contribution >= 0.6 is 0 Å². The van der Waals surface area contributed by atoms with E-state index in [1.54, 1.807) is 0 Å². The summed E-state index contributed by atoms with van der Waals surface area (Å²) in [6, 6.07) is 2.14. The van der Waals surface area contributed by atoms with Gasteiger partial charge in [0.25, 0.3) is 5.92 Å². The Kier molecular flexibility index (Phi) is 11.0. The highest BCUT2D eigenvalue weighted by Crippen LogP contribution is 2.42. The lowest BCUT2D eigenvalue weighted by Gasteiger charge is -2.53. The second-order valence-electron chi connectivity index (χ2n) is 10.1. The van der Waals surface area contributed by atoms with Gasteiger partial charge in [-0.05, 0) is 38.3 Å². The largest absolute Gasteiger partial charge is 0.490 e. The van der Waals surface area contributed by atoms with E-state index in [9.17, 15) is 35.1 Å². The molecule has 1 spiro atoms. The van der Waals surface area contributed by atoms with Crippen LogP contribution in [0.5, 0.6) is 0 Å². The first-order valence-electron chi connectivity index (χ1n) is 12.4. The number of furan rings is 1. The number of nitrogens with zero attached hydrogens (tertiary/aromatic N) is 2. The molecule has 0 amide bonds. The molecule has 40 heavy (non-hydrogen) atoms. The fourth-order valence-corrected chi connectivity index (χ4v) is 4.60. The topological polar surface area (TPSA) is 103 Å². The van der Waals surface area contributed by atoms with Gasteiger partial charge >= 0.3 is 24.3 Å². The van der Waals surface area contributed by atoms with Crippen LogP contribution in [0.2, 0.25) is 0 Å². The van der Waals surface area contributed by atoms with Gasteiger partial charge in [0.05, 0.1) is 18.2 Å². The minimum Gasteiger partial charge on any atom is -0.475 e. The molecule has 1 atom stereocenters. The summed E-state index contributed by atoms with van der Waals surface area (Å²) in [5.41, 5.74) is 1.25. The Morgan fingerprint density at radius 3 is 1.70 bits per heavy atom. The van der Waals surface area contributed by atoms with E-state index in [1.165, 1.54) is 5.56 Å². The van der Waals surface area contributed by atoms with Gasteiger partial charge in [0.1, 0.15) is 11.5 Å². The first-order valence-corrected chi connectivity index (χ1v) is 12.4. The number of aryl methyl sites for hydroxylation is 2. The quantitative estimate of drug-likeness (QED) is 0.468. The summed E-state index contributed by atoms with van der Waals surface area (Å²) in [5, 5.41) is 14.2. The molecule has 2 N–H and O–H groups in total. The molecule has 1 unspecified atom stereocenters. The monoisotopic (exact) mass is 596 g/mol. The molecule has 0 aromatic carbocycles. The molecule has 1 aromatic heterocycles. The van der Waals surface area contributed by atoms with Crippen molar-refractivity contribution in [2.45, 2.75) is 82.5 Å². The van der Waals surface area contributed by atoms with Crippen molar-refractivity contribution in [2.75, 3.05) is 32.7 Å². The number of piperidine rings is 2. The van der Waals surface area contributed by atoms with Crippen LogP contribution < -0.4 is 0 Å². The molecule has 3 aliphatic rings. The van der Waals surface area contributed by atoms with Gasteiger partial charge in [-0.2, -0.15) is 26.3 Å². The second-order valence-corrected chi connectivity index (χ2v) is 10.1. The molecule has 0 bridgehead atoms. The molecular formula is C24H32F8N2O6. The van der Waals surface area contributed by atoms with Crippen LogP contribution in [0.4, 0.5) is 35.1 Å². The Labute approximate surface area is 224 Å². The van der Waals surface area contributed by atoms with E-state index < -0.39 is 30.2 Å². The summed E-state index contributed by atoms with van der Waals surface area (Å²) in [6.07, 6.45) is -6.77. The Morgan fingerprint density at radius 1 is 0.900 bits per heavy atom. The smallest absolute Gasteiger partial charge is 0.475 e. The van der Waals surface area contributed by atoms with Crippen molar-refractivity contribution < 1.29 is 64.1 Å². The third-order valence-corrected chi connectivity index (χ3v) is 6.91. The molecular weight excluding hydrogens is 564 g/mol. The van der Waals surface area contributed by atoms with Gasteiger partial charge in [-0.1, -0.05) is 0 Å². The van der Waals surface area contributed by atoms with Crippen molar-refractivity contribution in [2.24, 2.45) is 0 Å². The first-order chi connectivity index (χ1) is 18.2. The lowest BCUT2D eigenvalue weighted by molar-refractivity contribution is -0.232. The Hall–Kier alpha value is -2.46. The molecule has 0 aliphatic carbocycles. The highest BCUT2D eigenvalue weighted by atomic mass is 19.4. The zero-order valence-electron chi connectivity index (χ0n) is 21.9. The average molecular weight is 597 g/mol. The molecule has 4 heterocycles. The molecule has 0 saturated carbocycles. The maximum atomic E-state index is 13.2. The number of alkyl halides is 8. The van der Waals surface area contributed by atoms with E-state index in [4.69, 9.17) is 29.0 Å². The van der Waals surface area contributed by atoms with Gasteiger partial charge in [0.15, 0.2) is 0 Å². The summed E-state index contributed by atoms with van der Waals surface area (Å²) in [4.78, 5) is 22.4. The van der Waals surface area contributed by atoms with E-state index in [-0.39, 0.29) is 24.5 Å². The van der Waals surface area contributed by atoms with Gasteiger partial charge in [0.2, 0.25) is 0 Å². The molecule has 3 saturated heterocycles. The van der Waals surface area contributed by atoms with E-state index in [0.29, 0.717) is 13.1 Å². The third kappa shape index (κ3) is 10.5. The zero-order valence-corrected chi connectivity index (χ0v) is 21.9. The second kappa shape index (κ2) is 13.0. The van der Waals surface area contributed by atoms with Crippen LogP contribution in [-0.2, 0) is 20.9 Å². The highest BCUT2D eigenvalue weighted by molar-refractivity contribution is 5.73. The van der Waals surface area contributed by atoms with Crippen LogP contribution in [0.3, 0.4) is 0 Å². The van der Waals surface area contributed by atoms with Crippen molar-refractivity contribution in [3.05, 3.63) is 23.2 Å². The number of carboxylic acids is 2. The van der Waals surface area contributed by atoms with Crippen molar-refractivity contribution in [1.29, 1.82) is 0 Å². The molecule has 230 valence electrons. The number of likely N-dealkylation sites (tertiary alicyclic amines) is 2. The van der Waals surface area contributed by atoms with Crippen LogP contribution in [-0.4, -0.2) is 94.7 Å². The Balaban J connectivity index is 0.000000333. The van der Waals surface area contributed by atoms with Crippen LogP contribution in [0.15, 0.2) is 10.5 Å². The number of halogens is 8. The van der Waals surface area contributed by atoms with Crippen LogP contribution in [0.1, 0.15) is 49.2 Å². The number of aliphatic carboxylic acids is 2. The summed E-state index contributed by atoms with van der Waals surface area (Å²) in [5.74, 6) is -5.92. The van der Waals surface area contributed by atoms with Crippen LogP contribution in [0, 0.1) is 13.8 Å². The van der Waals surface area contributed by atoms with Gasteiger partial charge in [-0.3, -0.25) is 4.90 Å². The van der Waals surface area contributed by atoms with E-state index in [0.717, 1.165) is 57.0 Å². The minimum absolute atomic E-state index is 0.00838. The van der Waals surface area contributed by atoms with Gasteiger partial charge in [0, 0.05) is 52.0 Å². The fourth-order valence-electron chi connectivity index (χ4n) is 4.60. The summed E-state index contributed by atoms with van der Waals surface area (Å²) in [7, 11) is 0. The van der Waals surface area contributed by atoms with Crippen molar-refractivity contribution in [3.63, 3.8) is 0 Å². The third-order valence-electron chi connectivity index (χ3n) is 6.91. The summed E-state index contributed by atoms with van der Waals surface area (Å²) < 4.78 is 102. The summed E-state index contributed by atoms with van der Waals surface area (Å²) >= 11 is 0. The van der Waals surface area contributed by atoms with E-state index in [2.05, 4.69) is 22.8 Å². The van der Waals surface area contributed by atoms with Crippen molar-refractivity contribution in [1.82, 2.24) is 9.80 Å². The predicted octanol–water partition coefficient (Wildman–Crippen LogP) is 5.02. The van der Waals surface area contributed by atoms with Crippen molar-refractivity contribution in [3.8, 4) is 0 Å². The maximum absolute atomic E-state index is 13.2. The average Bonchev–Trinajstić information content (AvgIpc) is 3.11. The molecule has 3 aliphatic heterocycles. The van der Waals surface area contributed by atoms with Gasteiger partial charge in [-0.15, -0.1) is 0 Å². The Morgan fingerprint density at radius 2 is 1.32 bits per heavy atom. The maximum Gasteiger partial charge on any atom is 0.490 e. The predicted molar refractivity (Wildman–Crippen MR) is 123 cm³/mol. The highest BCUT2D eigenvalue weighted by Gasteiger charge is 2.48. The normalized spacial score (nSPS) is 22.8. The molecule has 8 nitrogen and oxygen atoms in total. The number of ether oxygens (including phenoxy) is 1. The minimum atomic E-state index is -5.08. The summed E-state index contributed by atoms with van der Waals surface area (Å²) in [6.45, 7) is 8.83. The van der Waals surface area contributed by atoms with Crippen LogP contribution in [0.25, 0.3) is 0 Å². The molecule has 16 heteroatoms. The van der Waals surface area contributed by atoms with Crippen molar-refractivity contribution >= 4 is 11.9 Å². The lowest BCUT2D eigenvalue weighted by Crippen LogP contribution is -2.59. The number of hydrogen-bond donors (Lipinski definition) is 2. The van der Waals surface area contributed by atoms with Gasteiger partial charge in [-0.25, -0.2) is 18.4 Å². The Bertz CT molecular complexity index is 941. The number of hydrogen-bond acceptors (Lipinski definition) is 6. The first kappa shape index (κ1) is 33.7. The fraction of sp³-hybridized carbons (Fsp3) is 0.750. The zero-order chi connectivity index (χ0) is 30.5.